The summed E-state index contributed by atoms with van der Waals surface area (Å²) in [6, 6.07) is 4.55. The van der Waals surface area contributed by atoms with E-state index in [0.29, 0.717) is 6.04 Å². The third kappa shape index (κ3) is 1.57. The molecule has 0 amide bonds. The van der Waals surface area contributed by atoms with Crippen molar-refractivity contribution in [2.24, 2.45) is 0 Å². The Morgan fingerprint density at radius 3 is 3.06 bits per heavy atom. The molecule has 2 aromatic rings. The van der Waals surface area contributed by atoms with Gasteiger partial charge in [0.15, 0.2) is 5.65 Å². The zero-order chi connectivity index (χ0) is 11.1. The third-order valence-electron chi connectivity index (χ3n) is 3.32. The molecule has 0 spiro atoms. The van der Waals surface area contributed by atoms with Gasteiger partial charge in [0, 0.05) is 12.4 Å². The SMILES string of the molecule is CN1CCCC1c1cn2cccc(Br)c2n1. The standard InChI is InChI=1S/C12H14BrN3/c1-15-6-3-5-11(15)10-8-16-7-2-4-9(13)12(16)14-10/h2,4,7-8,11H,3,5-6H2,1H3. The van der Waals surface area contributed by atoms with Crippen molar-refractivity contribution >= 4 is 21.6 Å². The van der Waals surface area contributed by atoms with E-state index in [9.17, 15) is 0 Å². The predicted molar refractivity (Wildman–Crippen MR) is 67.5 cm³/mol. The molecule has 4 heteroatoms. The van der Waals surface area contributed by atoms with Crippen molar-refractivity contribution in [2.75, 3.05) is 13.6 Å². The minimum absolute atomic E-state index is 0.492. The number of hydrogen-bond donors (Lipinski definition) is 0. The molecule has 1 atom stereocenters. The zero-order valence-corrected chi connectivity index (χ0v) is 10.8. The van der Waals surface area contributed by atoms with E-state index in [2.05, 4.69) is 38.5 Å². The monoisotopic (exact) mass is 279 g/mol. The van der Waals surface area contributed by atoms with Crippen molar-refractivity contribution in [1.29, 1.82) is 0 Å². The van der Waals surface area contributed by atoms with Gasteiger partial charge < -0.3 is 4.40 Å². The highest BCUT2D eigenvalue weighted by molar-refractivity contribution is 9.10. The molecule has 3 nitrogen and oxygen atoms in total. The first-order valence-electron chi connectivity index (χ1n) is 5.59. The van der Waals surface area contributed by atoms with Crippen LogP contribution < -0.4 is 0 Å². The van der Waals surface area contributed by atoms with Gasteiger partial charge in [-0.15, -0.1) is 0 Å². The maximum Gasteiger partial charge on any atom is 0.151 e. The van der Waals surface area contributed by atoms with Crippen molar-refractivity contribution < 1.29 is 0 Å². The second kappa shape index (κ2) is 3.86. The van der Waals surface area contributed by atoms with Crippen LogP contribution in [0.3, 0.4) is 0 Å². The molecule has 1 fully saturated rings. The van der Waals surface area contributed by atoms with Gasteiger partial charge in [-0.1, -0.05) is 0 Å². The lowest BCUT2D eigenvalue weighted by atomic mass is 10.2. The number of rotatable bonds is 1. The van der Waals surface area contributed by atoms with Crippen LogP contribution in [-0.4, -0.2) is 27.9 Å². The van der Waals surface area contributed by atoms with Crippen LogP contribution in [0.2, 0.25) is 0 Å². The van der Waals surface area contributed by atoms with Crippen molar-refractivity contribution in [3.8, 4) is 0 Å². The highest BCUT2D eigenvalue weighted by Gasteiger charge is 2.24. The highest BCUT2D eigenvalue weighted by atomic mass is 79.9. The molecule has 3 heterocycles. The van der Waals surface area contributed by atoms with E-state index in [0.717, 1.165) is 10.1 Å². The molecular formula is C12H14BrN3. The van der Waals surface area contributed by atoms with Crippen molar-refractivity contribution in [1.82, 2.24) is 14.3 Å². The van der Waals surface area contributed by atoms with Crippen LogP contribution in [0.4, 0.5) is 0 Å². The third-order valence-corrected chi connectivity index (χ3v) is 3.93. The number of imidazole rings is 1. The van der Waals surface area contributed by atoms with Crippen LogP contribution in [0.25, 0.3) is 5.65 Å². The smallest absolute Gasteiger partial charge is 0.151 e. The Hall–Kier alpha value is -0.870. The lowest BCUT2D eigenvalue weighted by Gasteiger charge is -2.16. The summed E-state index contributed by atoms with van der Waals surface area (Å²) >= 11 is 3.54. The first-order chi connectivity index (χ1) is 7.75. The second-order valence-corrected chi connectivity index (χ2v) is 5.25. The van der Waals surface area contributed by atoms with Gasteiger partial charge in [-0.25, -0.2) is 4.98 Å². The van der Waals surface area contributed by atoms with Crippen LogP contribution in [0.5, 0.6) is 0 Å². The Labute approximate surface area is 103 Å². The van der Waals surface area contributed by atoms with E-state index in [4.69, 9.17) is 4.98 Å². The average Bonchev–Trinajstić information content (AvgIpc) is 2.84. The molecule has 16 heavy (non-hydrogen) atoms. The molecule has 1 unspecified atom stereocenters. The molecule has 3 rings (SSSR count). The van der Waals surface area contributed by atoms with E-state index in [1.54, 1.807) is 0 Å². The van der Waals surface area contributed by atoms with E-state index >= 15 is 0 Å². The molecule has 0 aliphatic carbocycles. The molecule has 2 aromatic heterocycles. The Kier molecular flexibility index (Phi) is 2.48. The quantitative estimate of drug-likeness (QED) is 0.800. The molecule has 0 radical (unpaired) electrons. The minimum atomic E-state index is 0.492. The first kappa shape index (κ1) is 10.3. The Balaban J connectivity index is 2.08. The molecular weight excluding hydrogens is 266 g/mol. The van der Waals surface area contributed by atoms with Gasteiger partial charge in [-0.2, -0.15) is 0 Å². The summed E-state index contributed by atoms with van der Waals surface area (Å²) in [5.74, 6) is 0. The molecule has 0 bridgehead atoms. The number of aromatic nitrogens is 2. The summed E-state index contributed by atoms with van der Waals surface area (Å²) in [6.07, 6.45) is 6.69. The number of nitrogens with zero attached hydrogens (tertiary/aromatic N) is 3. The van der Waals surface area contributed by atoms with Crippen molar-refractivity contribution in [2.45, 2.75) is 18.9 Å². The van der Waals surface area contributed by atoms with Crippen LogP contribution in [0.1, 0.15) is 24.6 Å². The number of hydrogen-bond acceptors (Lipinski definition) is 2. The summed E-state index contributed by atoms with van der Waals surface area (Å²) < 4.78 is 3.15. The average molecular weight is 280 g/mol. The van der Waals surface area contributed by atoms with Crippen LogP contribution in [0.15, 0.2) is 29.0 Å². The number of halogens is 1. The van der Waals surface area contributed by atoms with Gasteiger partial charge in [0.2, 0.25) is 0 Å². The molecule has 1 aliphatic rings. The predicted octanol–water partition coefficient (Wildman–Crippen LogP) is 2.86. The normalized spacial score (nSPS) is 22.0. The highest BCUT2D eigenvalue weighted by Crippen LogP contribution is 2.30. The Bertz CT molecular complexity index is 520. The minimum Gasteiger partial charge on any atom is -0.306 e. The van der Waals surface area contributed by atoms with Gasteiger partial charge in [0.25, 0.3) is 0 Å². The summed E-state index contributed by atoms with van der Waals surface area (Å²) in [6.45, 7) is 1.18. The zero-order valence-electron chi connectivity index (χ0n) is 9.23. The molecule has 84 valence electrons. The largest absolute Gasteiger partial charge is 0.306 e. The van der Waals surface area contributed by atoms with Crippen molar-refractivity contribution in [3.05, 3.63) is 34.7 Å². The van der Waals surface area contributed by atoms with Gasteiger partial charge in [0.05, 0.1) is 16.2 Å². The van der Waals surface area contributed by atoms with Crippen LogP contribution in [0, 0.1) is 0 Å². The van der Waals surface area contributed by atoms with Crippen LogP contribution >= 0.6 is 15.9 Å². The van der Waals surface area contributed by atoms with Crippen molar-refractivity contribution in [3.63, 3.8) is 0 Å². The summed E-state index contributed by atoms with van der Waals surface area (Å²) in [5, 5.41) is 0. The summed E-state index contributed by atoms with van der Waals surface area (Å²) in [7, 11) is 2.18. The lowest BCUT2D eigenvalue weighted by Crippen LogP contribution is -2.17. The van der Waals surface area contributed by atoms with Gasteiger partial charge in [0.1, 0.15) is 0 Å². The molecule has 0 N–H and O–H groups in total. The maximum atomic E-state index is 4.72. The first-order valence-corrected chi connectivity index (χ1v) is 6.38. The fraction of sp³-hybridized carbons (Fsp3) is 0.417. The molecule has 1 aliphatic heterocycles. The molecule has 0 aromatic carbocycles. The second-order valence-electron chi connectivity index (χ2n) is 4.39. The van der Waals surface area contributed by atoms with Gasteiger partial charge >= 0.3 is 0 Å². The maximum absolute atomic E-state index is 4.72. The molecule has 0 saturated carbocycles. The van der Waals surface area contributed by atoms with E-state index in [-0.39, 0.29) is 0 Å². The fourth-order valence-corrected chi connectivity index (χ4v) is 2.89. The van der Waals surface area contributed by atoms with Gasteiger partial charge in [-0.05, 0) is 54.5 Å². The van der Waals surface area contributed by atoms with E-state index in [1.165, 1.54) is 25.1 Å². The summed E-state index contributed by atoms with van der Waals surface area (Å²) in [5.41, 5.74) is 2.20. The summed E-state index contributed by atoms with van der Waals surface area (Å²) in [4.78, 5) is 7.10. The lowest BCUT2D eigenvalue weighted by molar-refractivity contribution is 0.313. The van der Waals surface area contributed by atoms with Crippen LogP contribution in [-0.2, 0) is 0 Å². The van der Waals surface area contributed by atoms with E-state index in [1.807, 2.05) is 18.3 Å². The van der Waals surface area contributed by atoms with Gasteiger partial charge in [-0.3, -0.25) is 4.90 Å². The Morgan fingerprint density at radius 2 is 2.38 bits per heavy atom. The number of pyridine rings is 1. The topological polar surface area (TPSA) is 20.5 Å². The Morgan fingerprint density at radius 1 is 1.50 bits per heavy atom. The molecule has 1 saturated heterocycles. The number of fused-ring (bicyclic) bond motifs is 1. The van der Waals surface area contributed by atoms with E-state index < -0.39 is 0 Å². The number of likely N-dealkylation sites (tertiary alicyclic amines) is 1. The fourth-order valence-electron chi connectivity index (χ4n) is 2.44.